The second-order valence-corrected chi connectivity index (χ2v) is 10.5. The van der Waals surface area contributed by atoms with Gasteiger partial charge < -0.3 is 15.4 Å². The minimum atomic E-state index is -0.573. The van der Waals surface area contributed by atoms with Crippen LogP contribution in [0.2, 0.25) is 0 Å². The minimum Gasteiger partial charge on any atom is -0.462 e. The second kappa shape index (κ2) is 16.6. The van der Waals surface area contributed by atoms with Crippen molar-refractivity contribution in [3.8, 4) is 0 Å². The van der Waals surface area contributed by atoms with Crippen LogP contribution in [0, 0.1) is 11.8 Å². The van der Waals surface area contributed by atoms with E-state index >= 15 is 0 Å². The van der Waals surface area contributed by atoms with Gasteiger partial charge in [-0.2, -0.15) is 11.8 Å². The number of amides is 2. The van der Waals surface area contributed by atoms with Gasteiger partial charge >= 0.3 is 5.97 Å². The third kappa shape index (κ3) is 10.6. The van der Waals surface area contributed by atoms with E-state index in [0.29, 0.717) is 24.3 Å². The van der Waals surface area contributed by atoms with E-state index in [-0.39, 0.29) is 23.7 Å². The largest absolute Gasteiger partial charge is 0.462 e. The van der Waals surface area contributed by atoms with Crippen LogP contribution in [-0.4, -0.2) is 42.4 Å². The van der Waals surface area contributed by atoms with Crippen LogP contribution in [0.1, 0.15) is 94.8 Å². The molecule has 2 N–H and O–H groups in total. The number of anilines is 1. The predicted molar refractivity (Wildman–Crippen MR) is 145 cm³/mol. The molecule has 0 bridgehead atoms. The Morgan fingerprint density at radius 1 is 1.00 bits per heavy atom. The van der Waals surface area contributed by atoms with Crippen LogP contribution in [0.25, 0.3) is 0 Å². The Morgan fingerprint density at radius 2 is 1.69 bits per heavy atom. The molecule has 196 valence electrons. The molecule has 0 spiro atoms. The molecule has 1 aromatic carbocycles. The lowest BCUT2D eigenvalue weighted by atomic mass is 9.79. The van der Waals surface area contributed by atoms with Crippen molar-refractivity contribution < 1.29 is 19.1 Å². The zero-order valence-corrected chi connectivity index (χ0v) is 22.6. The van der Waals surface area contributed by atoms with Gasteiger partial charge in [0.2, 0.25) is 11.8 Å². The molecule has 0 radical (unpaired) electrons. The number of carbonyl (C=O) groups is 3. The lowest BCUT2D eigenvalue weighted by Gasteiger charge is -2.29. The molecule has 1 unspecified atom stereocenters. The summed E-state index contributed by atoms with van der Waals surface area (Å²) in [5.41, 5.74) is 1.03. The fraction of sp³-hybridized carbons (Fsp3) is 0.679. The summed E-state index contributed by atoms with van der Waals surface area (Å²) in [4.78, 5) is 37.8. The van der Waals surface area contributed by atoms with Crippen molar-refractivity contribution >= 4 is 35.2 Å². The number of hydrogen-bond acceptors (Lipinski definition) is 5. The summed E-state index contributed by atoms with van der Waals surface area (Å²) in [7, 11) is 0. The molecule has 0 heterocycles. The van der Waals surface area contributed by atoms with Gasteiger partial charge in [0, 0.05) is 11.6 Å². The third-order valence-corrected chi connectivity index (χ3v) is 7.48. The van der Waals surface area contributed by atoms with Crippen molar-refractivity contribution in [3.63, 3.8) is 0 Å². The van der Waals surface area contributed by atoms with Crippen molar-refractivity contribution in [3.05, 3.63) is 29.8 Å². The number of thioether (sulfide) groups is 1. The molecule has 35 heavy (non-hydrogen) atoms. The van der Waals surface area contributed by atoms with Crippen LogP contribution in [0.4, 0.5) is 5.69 Å². The average Bonchev–Trinajstić information content (AvgIpc) is 2.87. The maximum Gasteiger partial charge on any atom is 0.338 e. The maximum absolute atomic E-state index is 13.0. The van der Waals surface area contributed by atoms with Gasteiger partial charge in [0.05, 0.1) is 12.2 Å². The number of rotatable bonds is 15. The number of carbonyl (C=O) groups excluding carboxylic acids is 3. The molecule has 6 nitrogen and oxygen atoms in total. The van der Waals surface area contributed by atoms with E-state index in [2.05, 4.69) is 17.6 Å². The first-order chi connectivity index (χ1) is 17.0. The molecule has 1 aliphatic rings. The summed E-state index contributed by atoms with van der Waals surface area (Å²) in [6.07, 6.45) is 14.5. The molecule has 0 saturated heterocycles. The normalized spacial score (nSPS) is 18.5. The molecule has 1 aromatic rings. The summed E-state index contributed by atoms with van der Waals surface area (Å²) >= 11 is 1.66. The SMILES string of the molecule is CCCCCCCC1CCC(C(=O)NC(CCSC)C(=O)Nc2ccc(C(=O)OCC)cc2)CC1. The van der Waals surface area contributed by atoms with Crippen LogP contribution in [0.15, 0.2) is 24.3 Å². The Morgan fingerprint density at radius 3 is 2.31 bits per heavy atom. The monoisotopic (exact) mass is 504 g/mol. The summed E-state index contributed by atoms with van der Waals surface area (Å²) in [5.74, 6) is 0.919. The Labute approximate surface area is 215 Å². The van der Waals surface area contributed by atoms with Crippen molar-refractivity contribution in [2.24, 2.45) is 11.8 Å². The molecule has 0 aliphatic heterocycles. The van der Waals surface area contributed by atoms with E-state index in [4.69, 9.17) is 4.74 Å². The number of hydrogen-bond donors (Lipinski definition) is 2. The Kier molecular flexibility index (Phi) is 13.9. The Balaban J connectivity index is 1.84. The first kappa shape index (κ1) is 29.2. The molecule has 7 heteroatoms. The molecule has 1 aliphatic carbocycles. The molecule has 1 fully saturated rings. The van der Waals surface area contributed by atoms with E-state index in [9.17, 15) is 14.4 Å². The predicted octanol–water partition coefficient (Wildman–Crippen LogP) is 6.21. The molecule has 2 rings (SSSR count). The molecule has 1 saturated carbocycles. The van der Waals surface area contributed by atoms with E-state index in [1.807, 2.05) is 6.26 Å². The standard InChI is InChI=1S/C28H44N2O4S/c1-4-6-7-8-9-10-21-11-13-22(14-12-21)26(31)30-25(19-20-35-3)27(32)29-24-17-15-23(16-18-24)28(33)34-5-2/h15-18,21-22,25H,4-14,19-20H2,1-3H3,(H,29,32)(H,30,31). The fourth-order valence-electron chi connectivity index (χ4n) is 4.68. The van der Waals surface area contributed by atoms with E-state index < -0.39 is 6.04 Å². The van der Waals surface area contributed by atoms with Gasteiger partial charge in [-0.1, -0.05) is 45.4 Å². The van der Waals surface area contributed by atoms with Gasteiger partial charge in [0.15, 0.2) is 0 Å². The van der Waals surface area contributed by atoms with E-state index in [1.165, 1.54) is 38.5 Å². The number of unbranched alkanes of at least 4 members (excludes halogenated alkanes) is 4. The molecular formula is C28H44N2O4S. The van der Waals surface area contributed by atoms with Crippen LogP contribution in [0.3, 0.4) is 0 Å². The highest BCUT2D eigenvalue weighted by molar-refractivity contribution is 7.98. The van der Waals surface area contributed by atoms with E-state index in [1.54, 1.807) is 43.0 Å². The fourth-order valence-corrected chi connectivity index (χ4v) is 5.15. The molecular weight excluding hydrogens is 460 g/mol. The van der Waals surface area contributed by atoms with Crippen LogP contribution < -0.4 is 10.6 Å². The smallest absolute Gasteiger partial charge is 0.338 e. The van der Waals surface area contributed by atoms with Gasteiger partial charge in [-0.15, -0.1) is 0 Å². The van der Waals surface area contributed by atoms with Crippen molar-refractivity contribution in [1.82, 2.24) is 5.32 Å². The van der Waals surface area contributed by atoms with Gasteiger partial charge in [-0.25, -0.2) is 4.79 Å². The summed E-state index contributed by atoms with van der Waals surface area (Å²) < 4.78 is 5.00. The highest BCUT2D eigenvalue weighted by Gasteiger charge is 2.29. The average molecular weight is 505 g/mol. The summed E-state index contributed by atoms with van der Waals surface area (Å²) in [6.45, 7) is 4.32. The van der Waals surface area contributed by atoms with Crippen LogP contribution in [0.5, 0.6) is 0 Å². The summed E-state index contributed by atoms with van der Waals surface area (Å²) in [5, 5.41) is 5.92. The topological polar surface area (TPSA) is 84.5 Å². The first-order valence-corrected chi connectivity index (χ1v) is 14.7. The quantitative estimate of drug-likeness (QED) is 0.219. The molecule has 1 atom stereocenters. The minimum absolute atomic E-state index is 0.000201. The molecule has 2 amide bonds. The molecule has 0 aromatic heterocycles. The van der Waals surface area contributed by atoms with Crippen molar-refractivity contribution in [2.75, 3.05) is 23.9 Å². The van der Waals surface area contributed by atoms with Crippen LogP contribution >= 0.6 is 11.8 Å². The number of ether oxygens (including phenoxy) is 1. The van der Waals surface area contributed by atoms with Crippen LogP contribution in [-0.2, 0) is 14.3 Å². The van der Waals surface area contributed by atoms with Gasteiger partial charge in [-0.3, -0.25) is 9.59 Å². The Bertz CT molecular complexity index is 776. The lowest BCUT2D eigenvalue weighted by Crippen LogP contribution is -2.47. The maximum atomic E-state index is 13.0. The summed E-state index contributed by atoms with van der Waals surface area (Å²) in [6, 6.07) is 6.05. The zero-order chi connectivity index (χ0) is 25.5. The lowest BCUT2D eigenvalue weighted by molar-refractivity contribution is -0.130. The third-order valence-electron chi connectivity index (χ3n) is 6.84. The number of benzene rings is 1. The van der Waals surface area contributed by atoms with Gasteiger partial charge in [-0.05, 0) is 81.2 Å². The Hall–Kier alpha value is -2.02. The number of nitrogens with one attached hydrogen (secondary N) is 2. The zero-order valence-electron chi connectivity index (χ0n) is 21.8. The highest BCUT2D eigenvalue weighted by Crippen LogP contribution is 2.32. The van der Waals surface area contributed by atoms with Crippen molar-refractivity contribution in [2.45, 2.75) is 90.5 Å². The van der Waals surface area contributed by atoms with Gasteiger partial charge in [0.1, 0.15) is 6.04 Å². The highest BCUT2D eigenvalue weighted by atomic mass is 32.2. The van der Waals surface area contributed by atoms with E-state index in [0.717, 1.165) is 37.4 Å². The second-order valence-electron chi connectivity index (χ2n) is 9.55. The van der Waals surface area contributed by atoms with Gasteiger partial charge in [0.25, 0.3) is 0 Å². The first-order valence-electron chi connectivity index (χ1n) is 13.4. The number of esters is 1. The van der Waals surface area contributed by atoms with Crippen molar-refractivity contribution in [1.29, 1.82) is 0 Å².